The normalized spacial score (nSPS) is 16.5. The molecule has 2 rings (SSSR count). The topological polar surface area (TPSA) is 105 Å². The van der Waals surface area contributed by atoms with Gasteiger partial charge in [0.25, 0.3) is 5.69 Å². The van der Waals surface area contributed by atoms with Crippen molar-refractivity contribution < 1.29 is 28.7 Å². The first kappa shape index (κ1) is 14.8. The van der Waals surface area contributed by atoms with Crippen LogP contribution in [0.2, 0.25) is 0 Å². The molecule has 0 saturated carbocycles. The highest BCUT2D eigenvalue weighted by Crippen LogP contribution is 2.23. The summed E-state index contributed by atoms with van der Waals surface area (Å²) >= 11 is 0. The highest BCUT2D eigenvalue weighted by atomic mass is 16.7. The predicted octanol–water partition coefficient (Wildman–Crippen LogP) is 1.92. The molecule has 21 heavy (non-hydrogen) atoms. The van der Waals surface area contributed by atoms with E-state index in [9.17, 15) is 19.7 Å². The maximum atomic E-state index is 11.8. The fourth-order valence-electron chi connectivity index (χ4n) is 1.68. The van der Waals surface area contributed by atoms with Crippen LogP contribution in [0.5, 0.6) is 0 Å². The van der Waals surface area contributed by atoms with Crippen LogP contribution in [-0.2, 0) is 14.2 Å². The monoisotopic (exact) mass is 295 g/mol. The first-order valence-electron chi connectivity index (χ1n) is 6.11. The van der Waals surface area contributed by atoms with Crippen molar-refractivity contribution in [1.82, 2.24) is 0 Å². The van der Waals surface area contributed by atoms with Gasteiger partial charge in [-0.15, -0.1) is 0 Å². The first-order chi connectivity index (χ1) is 9.89. The number of nitro benzene ring substituents is 1. The average molecular weight is 295 g/mol. The van der Waals surface area contributed by atoms with Crippen molar-refractivity contribution in [2.24, 2.45) is 5.41 Å². The molecular formula is C13H13NO7. The van der Waals surface area contributed by atoms with Gasteiger partial charge in [0.2, 0.25) is 0 Å². The third kappa shape index (κ3) is 3.68. The van der Waals surface area contributed by atoms with Gasteiger partial charge in [0, 0.05) is 12.1 Å². The minimum Gasteiger partial charge on any atom is -0.461 e. The molecule has 1 aromatic carbocycles. The van der Waals surface area contributed by atoms with E-state index < -0.39 is 22.5 Å². The molecule has 112 valence electrons. The molecule has 0 radical (unpaired) electrons. The van der Waals surface area contributed by atoms with E-state index in [4.69, 9.17) is 14.2 Å². The van der Waals surface area contributed by atoms with E-state index in [1.165, 1.54) is 24.3 Å². The summed E-state index contributed by atoms with van der Waals surface area (Å²) in [7, 11) is 0. The number of ether oxygens (including phenoxy) is 3. The lowest BCUT2D eigenvalue weighted by molar-refractivity contribution is -0.384. The quantitative estimate of drug-likeness (QED) is 0.474. The van der Waals surface area contributed by atoms with Gasteiger partial charge in [0.05, 0.1) is 15.9 Å². The van der Waals surface area contributed by atoms with Crippen LogP contribution in [0, 0.1) is 15.5 Å². The largest absolute Gasteiger partial charge is 0.508 e. The summed E-state index contributed by atoms with van der Waals surface area (Å²) in [4.78, 5) is 32.6. The predicted molar refractivity (Wildman–Crippen MR) is 68.8 cm³/mol. The number of non-ortho nitro benzene ring substituents is 1. The lowest BCUT2D eigenvalue weighted by Gasteiger charge is -2.31. The lowest BCUT2D eigenvalue weighted by atomic mass is 9.94. The molecule has 0 aromatic heterocycles. The maximum absolute atomic E-state index is 11.8. The van der Waals surface area contributed by atoms with E-state index in [1.807, 2.05) is 0 Å². The molecule has 0 amide bonds. The van der Waals surface area contributed by atoms with Crippen molar-refractivity contribution in [1.29, 1.82) is 0 Å². The van der Waals surface area contributed by atoms with Gasteiger partial charge in [-0.3, -0.25) is 10.1 Å². The van der Waals surface area contributed by atoms with Gasteiger partial charge in [-0.2, -0.15) is 0 Å². The van der Waals surface area contributed by atoms with Crippen molar-refractivity contribution in [3.63, 3.8) is 0 Å². The highest BCUT2D eigenvalue weighted by Gasteiger charge is 2.34. The zero-order valence-electron chi connectivity index (χ0n) is 11.2. The summed E-state index contributed by atoms with van der Waals surface area (Å²) in [6.07, 6.45) is -0.742. The van der Waals surface area contributed by atoms with Gasteiger partial charge in [0.15, 0.2) is 0 Å². The summed E-state index contributed by atoms with van der Waals surface area (Å²) in [5.74, 6) is -0.608. The molecule has 0 atom stereocenters. The second-order valence-electron chi connectivity index (χ2n) is 5.02. The molecule has 8 nitrogen and oxygen atoms in total. The zero-order chi connectivity index (χ0) is 15.5. The number of carbonyl (C=O) groups is 2. The molecule has 0 aliphatic carbocycles. The minimum atomic E-state index is -0.742. The number of benzene rings is 1. The Morgan fingerprint density at radius 3 is 2.43 bits per heavy atom. The number of nitro groups is 1. The number of carbonyl (C=O) groups excluding carboxylic acids is 2. The van der Waals surface area contributed by atoms with Gasteiger partial charge < -0.3 is 14.2 Å². The standard InChI is InChI=1S/C13H13NO7/c1-13(7-20-12(16)21-8-13)6-19-11(15)9-2-4-10(5-3-9)14(17)18/h2-5H,6-8H2,1H3. The molecule has 1 aromatic rings. The van der Waals surface area contributed by atoms with Crippen LogP contribution in [0.1, 0.15) is 17.3 Å². The van der Waals surface area contributed by atoms with Crippen LogP contribution < -0.4 is 0 Å². The van der Waals surface area contributed by atoms with Crippen molar-refractivity contribution in [3.05, 3.63) is 39.9 Å². The Morgan fingerprint density at radius 2 is 1.90 bits per heavy atom. The Labute approximate surface area is 119 Å². The van der Waals surface area contributed by atoms with Gasteiger partial charge in [0.1, 0.15) is 19.8 Å². The third-order valence-electron chi connectivity index (χ3n) is 2.94. The van der Waals surface area contributed by atoms with Crippen LogP contribution in [0.15, 0.2) is 24.3 Å². The molecular weight excluding hydrogens is 282 g/mol. The third-order valence-corrected chi connectivity index (χ3v) is 2.94. The summed E-state index contributed by atoms with van der Waals surface area (Å²) < 4.78 is 14.6. The van der Waals surface area contributed by atoms with Crippen LogP contribution in [0.3, 0.4) is 0 Å². The fourth-order valence-corrected chi connectivity index (χ4v) is 1.68. The average Bonchev–Trinajstić information content (AvgIpc) is 2.48. The number of nitrogens with zero attached hydrogens (tertiary/aromatic N) is 1. The Balaban J connectivity index is 1.92. The minimum absolute atomic E-state index is 0.0100. The number of cyclic esters (lactones) is 2. The van der Waals surface area contributed by atoms with Crippen molar-refractivity contribution >= 4 is 17.8 Å². The smallest absolute Gasteiger partial charge is 0.461 e. The summed E-state index contributed by atoms with van der Waals surface area (Å²) in [5.41, 5.74) is -0.506. The second kappa shape index (κ2) is 5.78. The number of rotatable bonds is 4. The van der Waals surface area contributed by atoms with Crippen LogP contribution in [-0.4, -0.2) is 36.9 Å². The maximum Gasteiger partial charge on any atom is 0.508 e. The van der Waals surface area contributed by atoms with E-state index in [0.29, 0.717) is 0 Å². The molecule has 0 bridgehead atoms. The lowest BCUT2D eigenvalue weighted by Crippen LogP contribution is -2.41. The number of hydrogen-bond acceptors (Lipinski definition) is 7. The molecule has 0 spiro atoms. The Morgan fingerprint density at radius 1 is 1.33 bits per heavy atom. The highest BCUT2D eigenvalue weighted by molar-refractivity contribution is 5.89. The summed E-state index contributed by atoms with van der Waals surface area (Å²) in [6, 6.07) is 5.09. The van der Waals surface area contributed by atoms with E-state index in [0.717, 1.165) is 0 Å². The van der Waals surface area contributed by atoms with Crippen molar-refractivity contribution in [2.45, 2.75) is 6.92 Å². The van der Waals surface area contributed by atoms with Crippen LogP contribution in [0.25, 0.3) is 0 Å². The SMILES string of the molecule is CC1(COC(=O)c2ccc([N+](=O)[O-])cc2)COC(=O)OC1. The Bertz CT molecular complexity index is 556. The number of hydrogen-bond donors (Lipinski definition) is 0. The fraction of sp³-hybridized carbons (Fsp3) is 0.385. The molecule has 1 aliphatic heterocycles. The molecule has 0 unspecified atom stereocenters. The van der Waals surface area contributed by atoms with Gasteiger partial charge >= 0.3 is 12.1 Å². The first-order valence-corrected chi connectivity index (χ1v) is 6.11. The Hall–Kier alpha value is -2.64. The second-order valence-corrected chi connectivity index (χ2v) is 5.02. The van der Waals surface area contributed by atoms with Gasteiger partial charge in [-0.25, -0.2) is 9.59 Å². The van der Waals surface area contributed by atoms with E-state index >= 15 is 0 Å². The zero-order valence-corrected chi connectivity index (χ0v) is 11.2. The van der Waals surface area contributed by atoms with E-state index in [-0.39, 0.29) is 31.1 Å². The summed E-state index contributed by atoms with van der Waals surface area (Å²) in [5, 5.41) is 10.5. The Kier molecular flexibility index (Phi) is 4.06. The van der Waals surface area contributed by atoms with Gasteiger partial charge in [-0.1, -0.05) is 0 Å². The van der Waals surface area contributed by atoms with E-state index in [1.54, 1.807) is 6.92 Å². The van der Waals surface area contributed by atoms with Crippen LogP contribution >= 0.6 is 0 Å². The van der Waals surface area contributed by atoms with Crippen molar-refractivity contribution in [2.75, 3.05) is 19.8 Å². The van der Waals surface area contributed by atoms with Crippen molar-refractivity contribution in [3.8, 4) is 0 Å². The van der Waals surface area contributed by atoms with Crippen LogP contribution in [0.4, 0.5) is 10.5 Å². The molecule has 1 fully saturated rings. The van der Waals surface area contributed by atoms with Gasteiger partial charge in [-0.05, 0) is 19.1 Å². The molecule has 1 heterocycles. The molecule has 1 aliphatic rings. The summed E-state index contributed by atoms with van der Waals surface area (Å²) in [6.45, 7) is 1.96. The molecule has 8 heteroatoms. The molecule has 0 N–H and O–H groups in total. The van der Waals surface area contributed by atoms with E-state index in [2.05, 4.69) is 0 Å². The number of esters is 1. The molecule has 1 saturated heterocycles.